The summed E-state index contributed by atoms with van der Waals surface area (Å²) in [4.78, 5) is 13.2. The maximum absolute atomic E-state index is 12.9. The number of aromatic amines is 1. The fourth-order valence-electron chi connectivity index (χ4n) is 6.94. The number of nitrogens with zero attached hydrogens (tertiary/aromatic N) is 3. The number of fused-ring (bicyclic) bond motifs is 3. The second kappa shape index (κ2) is 7.48. The normalized spacial score (nSPS) is 27.5. The third-order valence-corrected chi connectivity index (χ3v) is 8.71. The zero-order valence-corrected chi connectivity index (χ0v) is 20.0. The van der Waals surface area contributed by atoms with E-state index in [1.54, 1.807) is 6.20 Å². The number of hydrogen-bond donors (Lipinski definition) is 3. The molecule has 0 saturated heterocycles. The fourth-order valence-corrected chi connectivity index (χ4v) is 6.94. The molecule has 35 heavy (non-hydrogen) atoms. The minimum atomic E-state index is -1.48. The van der Waals surface area contributed by atoms with E-state index in [1.165, 1.54) is 0 Å². The Labute approximate surface area is 203 Å². The van der Waals surface area contributed by atoms with Crippen LogP contribution in [-0.4, -0.2) is 36.4 Å². The molecule has 0 spiro atoms. The van der Waals surface area contributed by atoms with Gasteiger partial charge in [0, 0.05) is 29.2 Å². The van der Waals surface area contributed by atoms with Gasteiger partial charge in [-0.1, -0.05) is 11.2 Å². The summed E-state index contributed by atoms with van der Waals surface area (Å²) in [6.07, 6.45) is 6.37. The lowest BCUT2D eigenvalue weighted by molar-refractivity contribution is -0.0738. The monoisotopic (exact) mass is 470 g/mol. The molecule has 2 bridgehead atoms. The van der Waals surface area contributed by atoms with Gasteiger partial charge in [0.25, 0.3) is 0 Å². The molecule has 1 aromatic carbocycles. The minimum absolute atomic E-state index is 0.225. The standard InChI is InChI=1S/C28H30N4O3/c1-14-23(15(2)35-32-14)19-12-20(25-21(13-19)30-27(31-25)16-6-7-16)28(34,22-5-3-4-10-29-22)24-17-8-9-18(11-17)26(24)33/h3-5,10,12-13,16-18,24,26,33-34H,6-9,11H2,1-2H3,(H,30,31). The number of benzene rings is 1. The number of pyridine rings is 1. The molecular formula is C28H30N4O3. The molecule has 5 atom stereocenters. The summed E-state index contributed by atoms with van der Waals surface area (Å²) in [5.74, 6) is 2.25. The number of hydrogen-bond acceptors (Lipinski definition) is 6. The zero-order valence-electron chi connectivity index (χ0n) is 20.0. The SMILES string of the molecule is Cc1noc(C)c1-c1cc(C(O)(c2ccccn2)C2C3CCC(C3)C2O)c2nc(C3CC3)[nH]c2c1. The van der Waals surface area contributed by atoms with Crippen molar-refractivity contribution in [2.75, 3.05) is 0 Å². The van der Waals surface area contributed by atoms with Crippen LogP contribution >= 0.6 is 0 Å². The average molecular weight is 471 g/mol. The molecule has 3 aromatic heterocycles. The molecule has 5 unspecified atom stereocenters. The highest BCUT2D eigenvalue weighted by atomic mass is 16.5. The number of nitrogens with one attached hydrogen (secondary N) is 1. The largest absolute Gasteiger partial charge is 0.392 e. The van der Waals surface area contributed by atoms with E-state index in [1.807, 2.05) is 38.1 Å². The van der Waals surface area contributed by atoms with Crippen molar-refractivity contribution in [3.63, 3.8) is 0 Å². The van der Waals surface area contributed by atoms with Crippen LogP contribution in [0.15, 0.2) is 41.1 Å². The smallest absolute Gasteiger partial charge is 0.141 e. The van der Waals surface area contributed by atoms with Crippen molar-refractivity contribution in [3.05, 3.63) is 65.1 Å². The van der Waals surface area contributed by atoms with Crippen molar-refractivity contribution in [2.24, 2.45) is 17.8 Å². The Hall–Kier alpha value is -3.03. The number of aromatic nitrogens is 4. The van der Waals surface area contributed by atoms with Gasteiger partial charge in [0.15, 0.2) is 0 Å². The highest BCUT2D eigenvalue weighted by molar-refractivity contribution is 5.87. The Morgan fingerprint density at radius 2 is 1.91 bits per heavy atom. The van der Waals surface area contributed by atoms with Gasteiger partial charge in [0.05, 0.1) is 28.5 Å². The van der Waals surface area contributed by atoms with Crippen molar-refractivity contribution in [1.29, 1.82) is 0 Å². The molecule has 0 amide bonds. The predicted molar refractivity (Wildman–Crippen MR) is 131 cm³/mol. The van der Waals surface area contributed by atoms with Gasteiger partial charge < -0.3 is 19.7 Å². The van der Waals surface area contributed by atoms with E-state index in [0.717, 1.165) is 71.5 Å². The van der Waals surface area contributed by atoms with Crippen molar-refractivity contribution in [3.8, 4) is 11.1 Å². The third kappa shape index (κ3) is 3.07. The van der Waals surface area contributed by atoms with Gasteiger partial charge >= 0.3 is 0 Å². The van der Waals surface area contributed by atoms with Gasteiger partial charge in [-0.25, -0.2) is 4.98 Å². The summed E-state index contributed by atoms with van der Waals surface area (Å²) in [5.41, 5.74) is 4.06. The Bertz CT molecular complexity index is 1400. The summed E-state index contributed by atoms with van der Waals surface area (Å²) in [6, 6.07) is 9.75. The van der Waals surface area contributed by atoms with E-state index >= 15 is 0 Å². The summed E-state index contributed by atoms with van der Waals surface area (Å²) in [6.45, 7) is 3.84. The molecule has 3 aliphatic rings. The van der Waals surface area contributed by atoms with Crippen molar-refractivity contribution in [1.82, 2.24) is 20.1 Å². The van der Waals surface area contributed by atoms with E-state index in [4.69, 9.17) is 9.51 Å². The lowest BCUT2D eigenvalue weighted by Gasteiger charge is -2.41. The summed E-state index contributed by atoms with van der Waals surface area (Å²) in [5, 5.41) is 28.4. The molecule has 7 rings (SSSR count). The molecule has 3 saturated carbocycles. The summed E-state index contributed by atoms with van der Waals surface area (Å²) >= 11 is 0. The molecule has 0 radical (unpaired) electrons. The van der Waals surface area contributed by atoms with Gasteiger partial charge in [-0.2, -0.15) is 0 Å². The van der Waals surface area contributed by atoms with Gasteiger partial charge in [-0.3, -0.25) is 4.98 Å². The summed E-state index contributed by atoms with van der Waals surface area (Å²) in [7, 11) is 0. The Morgan fingerprint density at radius 3 is 2.57 bits per heavy atom. The lowest BCUT2D eigenvalue weighted by atomic mass is 9.69. The molecule has 3 N–H and O–H groups in total. The molecule has 7 nitrogen and oxygen atoms in total. The first-order valence-electron chi connectivity index (χ1n) is 12.7. The number of H-pyrrole nitrogens is 1. The molecule has 3 fully saturated rings. The Kier molecular flexibility index (Phi) is 4.55. The number of rotatable bonds is 5. The second-order valence-corrected chi connectivity index (χ2v) is 10.8. The fraction of sp³-hybridized carbons (Fsp3) is 0.464. The van der Waals surface area contributed by atoms with Crippen LogP contribution in [0, 0.1) is 31.6 Å². The first kappa shape index (κ1) is 21.3. The van der Waals surface area contributed by atoms with E-state index in [0.29, 0.717) is 17.2 Å². The maximum atomic E-state index is 12.9. The van der Waals surface area contributed by atoms with Crippen LogP contribution < -0.4 is 0 Å². The number of aliphatic hydroxyl groups is 2. The Morgan fingerprint density at radius 1 is 1.09 bits per heavy atom. The van der Waals surface area contributed by atoms with Crippen LogP contribution in [0.2, 0.25) is 0 Å². The summed E-state index contributed by atoms with van der Waals surface area (Å²) < 4.78 is 5.49. The molecule has 3 heterocycles. The van der Waals surface area contributed by atoms with Crippen molar-refractivity contribution >= 4 is 11.0 Å². The maximum Gasteiger partial charge on any atom is 0.141 e. The third-order valence-electron chi connectivity index (χ3n) is 8.71. The van der Waals surface area contributed by atoms with E-state index in [9.17, 15) is 10.2 Å². The van der Waals surface area contributed by atoms with E-state index in [2.05, 4.69) is 21.2 Å². The van der Waals surface area contributed by atoms with Crippen LogP contribution in [-0.2, 0) is 5.60 Å². The van der Waals surface area contributed by atoms with Gasteiger partial charge in [-0.15, -0.1) is 0 Å². The molecular weight excluding hydrogens is 440 g/mol. The molecule has 0 aliphatic heterocycles. The molecule has 3 aliphatic carbocycles. The van der Waals surface area contributed by atoms with Gasteiger partial charge in [0.2, 0.25) is 0 Å². The zero-order chi connectivity index (χ0) is 23.9. The highest BCUT2D eigenvalue weighted by Gasteiger charge is 2.58. The van der Waals surface area contributed by atoms with Crippen molar-refractivity contribution < 1.29 is 14.7 Å². The first-order valence-corrected chi connectivity index (χ1v) is 12.7. The average Bonchev–Trinajstić information content (AvgIpc) is 3.15. The lowest BCUT2D eigenvalue weighted by Crippen LogP contribution is -2.46. The number of aliphatic hydroxyl groups excluding tert-OH is 1. The quantitative estimate of drug-likeness (QED) is 0.388. The van der Waals surface area contributed by atoms with Crippen LogP contribution in [0.1, 0.15) is 66.6 Å². The van der Waals surface area contributed by atoms with E-state index in [-0.39, 0.29) is 17.8 Å². The predicted octanol–water partition coefficient (Wildman–Crippen LogP) is 4.75. The Balaban J connectivity index is 1.53. The van der Waals surface area contributed by atoms with Crippen LogP contribution in [0.5, 0.6) is 0 Å². The molecule has 180 valence electrons. The van der Waals surface area contributed by atoms with Gasteiger partial charge in [0.1, 0.15) is 17.2 Å². The first-order chi connectivity index (χ1) is 16.9. The van der Waals surface area contributed by atoms with Crippen LogP contribution in [0.3, 0.4) is 0 Å². The minimum Gasteiger partial charge on any atom is -0.392 e. The topological polar surface area (TPSA) is 108 Å². The highest BCUT2D eigenvalue weighted by Crippen LogP contribution is 2.57. The molecule has 7 heteroatoms. The van der Waals surface area contributed by atoms with Crippen LogP contribution in [0.4, 0.5) is 0 Å². The van der Waals surface area contributed by atoms with Crippen LogP contribution in [0.25, 0.3) is 22.2 Å². The second-order valence-electron chi connectivity index (χ2n) is 10.8. The number of imidazole rings is 1. The van der Waals surface area contributed by atoms with E-state index < -0.39 is 11.7 Å². The molecule has 4 aromatic rings. The number of aryl methyl sites for hydroxylation is 2. The van der Waals surface area contributed by atoms with Gasteiger partial charge in [-0.05, 0) is 87.6 Å². The van der Waals surface area contributed by atoms with Crippen molar-refractivity contribution in [2.45, 2.75) is 63.6 Å².